The zero-order valence-electron chi connectivity index (χ0n) is 13.1. The number of amides is 1. The summed E-state index contributed by atoms with van der Waals surface area (Å²) in [4.78, 5) is 27.1. The van der Waals surface area contributed by atoms with E-state index >= 15 is 0 Å². The lowest BCUT2D eigenvalue weighted by Crippen LogP contribution is -2.16. The monoisotopic (exact) mass is 300 g/mol. The van der Waals surface area contributed by atoms with Crippen molar-refractivity contribution in [1.29, 1.82) is 0 Å². The van der Waals surface area contributed by atoms with Crippen molar-refractivity contribution in [3.05, 3.63) is 46.7 Å². The Hall–Kier alpha value is -2.43. The summed E-state index contributed by atoms with van der Waals surface area (Å²) in [5, 5.41) is 11.6. The van der Waals surface area contributed by atoms with Gasteiger partial charge in [0.1, 0.15) is 0 Å². The number of carbonyl (C=O) groups is 2. The van der Waals surface area contributed by atoms with Crippen LogP contribution in [0.5, 0.6) is 0 Å². The largest absolute Gasteiger partial charge is 0.481 e. The Kier molecular flexibility index (Phi) is 4.45. The highest BCUT2D eigenvalue weighted by molar-refractivity contribution is 6.12. The molecule has 1 unspecified atom stereocenters. The van der Waals surface area contributed by atoms with E-state index in [9.17, 15) is 9.59 Å². The van der Waals surface area contributed by atoms with Crippen molar-refractivity contribution in [2.75, 3.05) is 0 Å². The van der Waals surface area contributed by atoms with E-state index in [1.807, 2.05) is 19.9 Å². The second-order valence-electron chi connectivity index (χ2n) is 5.49. The maximum absolute atomic E-state index is 11.7. The number of carboxylic acid groups (broad SMARTS) is 1. The van der Waals surface area contributed by atoms with Gasteiger partial charge in [0, 0.05) is 17.6 Å². The number of aliphatic carboxylic acids is 1. The van der Waals surface area contributed by atoms with Gasteiger partial charge in [-0.2, -0.15) is 0 Å². The number of rotatable bonds is 5. The van der Waals surface area contributed by atoms with E-state index in [1.165, 1.54) is 0 Å². The summed E-state index contributed by atoms with van der Waals surface area (Å²) in [6.45, 7) is 9.39. The number of hydrogen-bond donors (Lipinski definition) is 2. The Labute approximate surface area is 129 Å². The zero-order chi connectivity index (χ0) is 16.4. The molecular formula is C17H20N2O3. The van der Waals surface area contributed by atoms with Crippen molar-refractivity contribution in [3.63, 3.8) is 0 Å². The Bertz CT molecular complexity index is 678. The van der Waals surface area contributed by atoms with Crippen molar-refractivity contribution < 1.29 is 14.7 Å². The van der Waals surface area contributed by atoms with E-state index in [1.54, 1.807) is 13.0 Å². The number of carbonyl (C=O) groups excluding carboxylic acids is 1. The zero-order valence-corrected chi connectivity index (χ0v) is 13.1. The molecule has 0 bridgehead atoms. The number of carboxylic acids is 1. The minimum absolute atomic E-state index is 0.0273. The van der Waals surface area contributed by atoms with Crippen molar-refractivity contribution in [1.82, 2.24) is 5.32 Å². The summed E-state index contributed by atoms with van der Waals surface area (Å²) in [7, 11) is 0. The summed E-state index contributed by atoms with van der Waals surface area (Å²) < 4.78 is 0. The van der Waals surface area contributed by atoms with Gasteiger partial charge in [0.05, 0.1) is 17.5 Å². The van der Waals surface area contributed by atoms with E-state index in [0.29, 0.717) is 17.7 Å². The van der Waals surface area contributed by atoms with Crippen LogP contribution in [-0.4, -0.2) is 28.7 Å². The van der Waals surface area contributed by atoms with Crippen LogP contribution in [0.25, 0.3) is 0 Å². The van der Waals surface area contributed by atoms with Crippen LogP contribution in [0.4, 0.5) is 0 Å². The average Bonchev–Trinajstić information content (AvgIpc) is 2.86. The van der Waals surface area contributed by atoms with Gasteiger partial charge in [0.25, 0.3) is 5.91 Å². The van der Waals surface area contributed by atoms with Gasteiger partial charge in [0.2, 0.25) is 0 Å². The second kappa shape index (κ2) is 6.13. The van der Waals surface area contributed by atoms with Crippen LogP contribution in [0.15, 0.2) is 51.7 Å². The molecule has 2 rings (SSSR count). The molecule has 5 heteroatoms. The Morgan fingerprint density at radius 1 is 1.41 bits per heavy atom. The SMILES string of the molecule is C=CC1=C(C)C(=O)N/C1=C\C1=NC(C)C(CCC(=O)O)=C1C. The van der Waals surface area contributed by atoms with Crippen LogP contribution in [0.2, 0.25) is 0 Å². The van der Waals surface area contributed by atoms with Gasteiger partial charge in [-0.15, -0.1) is 0 Å². The van der Waals surface area contributed by atoms with Gasteiger partial charge >= 0.3 is 5.97 Å². The molecule has 0 radical (unpaired) electrons. The summed E-state index contributed by atoms with van der Waals surface area (Å²) in [6, 6.07) is -0.0273. The molecule has 1 amide bonds. The number of hydrogen-bond acceptors (Lipinski definition) is 3. The first-order valence-electron chi connectivity index (χ1n) is 7.21. The van der Waals surface area contributed by atoms with Crippen LogP contribution in [0, 0.1) is 0 Å². The van der Waals surface area contributed by atoms with Crippen LogP contribution < -0.4 is 5.32 Å². The molecule has 22 heavy (non-hydrogen) atoms. The minimum Gasteiger partial charge on any atom is -0.481 e. The molecule has 116 valence electrons. The summed E-state index contributed by atoms with van der Waals surface area (Å²) in [6.07, 6.45) is 4.09. The molecule has 2 N–H and O–H groups in total. The first kappa shape index (κ1) is 15.9. The van der Waals surface area contributed by atoms with Crippen LogP contribution >= 0.6 is 0 Å². The number of nitrogens with one attached hydrogen (secondary N) is 1. The van der Waals surface area contributed by atoms with Gasteiger partial charge in [-0.1, -0.05) is 12.7 Å². The van der Waals surface area contributed by atoms with E-state index in [-0.39, 0.29) is 18.4 Å². The first-order chi connectivity index (χ1) is 10.3. The van der Waals surface area contributed by atoms with Crippen LogP contribution in [0.1, 0.15) is 33.6 Å². The molecule has 0 saturated carbocycles. The topological polar surface area (TPSA) is 78.8 Å². The fraction of sp³-hybridized carbons (Fsp3) is 0.353. The molecule has 2 aliphatic heterocycles. The lowest BCUT2D eigenvalue weighted by Gasteiger charge is -2.06. The first-order valence-corrected chi connectivity index (χ1v) is 7.21. The second-order valence-corrected chi connectivity index (χ2v) is 5.49. The molecule has 0 aromatic carbocycles. The quantitative estimate of drug-likeness (QED) is 0.819. The van der Waals surface area contributed by atoms with Gasteiger partial charge in [-0.25, -0.2) is 0 Å². The van der Waals surface area contributed by atoms with Crippen molar-refractivity contribution >= 4 is 17.6 Å². The van der Waals surface area contributed by atoms with Gasteiger partial charge in [0.15, 0.2) is 0 Å². The third-order valence-corrected chi connectivity index (χ3v) is 4.08. The average molecular weight is 300 g/mol. The van der Waals surface area contributed by atoms with E-state index in [2.05, 4.69) is 16.9 Å². The van der Waals surface area contributed by atoms with Crippen molar-refractivity contribution in [2.45, 2.75) is 39.7 Å². The molecule has 5 nitrogen and oxygen atoms in total. The summed E-state index contributed by atoms with van der Waals surface area (Å²) in [5.74, 6) is -0.935. The highest BCUT2D eigenvalue weighted by Gasteiger charge is 2.25. The maximum atomic E-state index is 11.7. The molecule has 2 heterocycles. The number of allylic oxidation sites excluding steroid dienone is 3. The fourth-order valence-electron chi connectivity index (χ4n) is 2.77. The van der Waals surface area contributed by atoms with Gasteiger partial charge in [-0.3, -0.25) is 14.6 Å². The predicted octanol–water partition coefficient (Wildman–Crippen LogP) is 2.53. The molecule has 0 aromatic rings. The molecule has 2 aliphatic rings. The number of aliphatic imine (C=N–C) groups is 1. The highest BCUT2D eigenvalue weighted by Crippen LogP contribution is 2.28. The van der Waals surface area contributed by atoms with Crippen molar-refractivity contribution in [3.8, 4) is 0 Å². The third kappa shape index (κ3) is 2.93. The van der Waals surface area contributed by atoms with E-state index in [0.717, 1.165) is 22.4 Å². The molecule has 0 saturated heterocycles. The third-order valence-electron chi connectivity index (χ3n) is 4.08. The molecular weight excluding hydrogens is 280 g/mol. The predicted molar refractivity (Wildman–Crippen MR) is 85.6 cm³/mol. The lowest BCUT2D eigenvalue weighted by atomic mass is 9.98. The molecule has 0 aromatic heterocycles. The summed E-state index contributed by atoms with van der Waals surface area (Å²) in [5.41, 5.74) is 4.94. The Balaban J connectivity index is 2.29. The molecule has 0 spiro atoms. The highest BCUT2D eigenvalue weighted by atomic mass is 16.4. The van der Waals surface area contributed by atoms with E-state index < -0.39 is 5.97 Å². The molecule has 1 atom stereocenters. The Morgan fingerprint density at radius 3 is 2.68 bits per heavy atom. The van der Waals surface area contributed by atoms with Crippen LogP contribution in [-0.2, 0) is 9.59 Å². The van der Waals surface area contributed by atoms with Crippen molar-refractivity contribution in [2.24, 2.45) is 4.99 Å². The lowest BCUT2D eigenvalue weighted by molar-refractivity contribution is -0.137. The smallest absolute Gasteiger partial charge is 0.303 e. The van der Waals surface area contributed by atoms with Gasteiger partial charge < -0.3 is 10.4 Å². The standard InChI is InChI=1S/C17H20N2O3/c1-5-12-10(3)17(22)19-15(12)8-14-9(2)13(11(4)18-14)6-7-16(20)21/h5,8,11H,1,6-7H2,2-4H3,(H,19,22)(H,20,21)/b15-8-. The molecule has 0 fully saturated rings. The fourth-order valence-corrected chi connectivity index (χ4v) is 2.77. The maximum Gasteiger partial charge on any atom is 0.303 e. The number of nitrogens with zero attached hydrogens (tertiary/aromatic N) is 1. The molecule has 0 aliphatic carbocycles. The normalized spacial score (nSPS) is 23.2. The van der Waals surface area contributed by atoms with Gasteiger partial charge in [-0.05, 0) is 44.4 Å². The minimum atomic E-state index is -0.810. The van der Waals surface area contributed by atoms with E-state index in [4.69, 9.17) is 5.11 Å². The van der Waals surface area contributed by atoms with Crippen LogP contribution in [0.3, 0.4) is 0 Å². The Morgan fingerprint density at radius 2 is 2.09 bits per heavy atom. The summed E-state index contributed by atoms with van der Waals surface area (Å²) >= 11 is 0.